The molecular weight excluding hydrogens is 220 g/mol. The molecule has 2 aromatic rings. The zero-order valence-electron chi connectivity index (χ0n) is 9.56. The van der Waals surface area contributed by atoms with E-state index in [2.05, 4.69) is 22.4 Å². The van der Waals surface area contributed by atoms with Crippen LogP contribution in [0.2, 0.25) is 0 Å². The van der Waals surface area contributed by atoms with Crippen LogP contribution in [0.1, 0.15) is 30.1 Å². The second-order valence-electron chi connectivity index (χ2n) is 3.78. The number of hydrogen-bond donors (Lipinski definition) is 2. The van der Waals surface area contributed by atoms with Crippen molar-refractivity contribution in [1.29, 1.82) is 0 Å². The van der Waals surface area contributed by atoms with Gasteiger partial charge < -0.3 is 5.32 Å². The number of nitrogens with one attached hydrogen (secondary N) is 2. The fourth-order valence-electron chi connectivity index (χ4n) is 1.52. The van der Waals surface area contributed by atoms with E-state index in [1.807, 2.05) is 0 Å². The molecule has 6 nitrogen and oxygen atoms in total. The van der Waals surface area contributed by atoms with Crippen LogP contribution in [0, 0.1) is 0 Å². The van der Waals surface area contributed by atoms with Gasteiger partial charge in [0.25, 0.3) is 5.91 Å². The minimum Gasteiger partial charge on any atom is -0.352 e. The lowest BCUT2D eigenvalue weighted by Gasteiger charge is -2.03. The maximum Gasteiger partial charge on any atom is 0.347 e. The van der Waals surface area contributed by atoms with E-state index in [1.54, 1.807) is 12.1 Å². The van der Waals surface area contributed by atoms with Gasteiger partial charge in [-0.15, -0.1) is 0 Å². The summed E-state index contributed by atoms with van der Waals surface area (Å²) in [6.45, 7) is 2.71. The first-order valence-corrected chi connectivity index (χ1v) is 5.57. The van der Waals surface area contributed by atoms with E-state index >= 15 is 0 Å². The van der Waals surface area contributed by atoms with Crippen LogP contribution in [0.3, 0.4) is 0 Å². The molecule has 17 heavy (non-hydrogen) atoms. The average Bonchev–Trinajstić information content (AvgIpc) is 2.71. The molecule has 0 aliphatic heterocycles. The third-order valence-electron chi connectivity index (χ3n) is 2.49. The molecule has 0 saturated heterocycles. The Bertz CT molecular complexity index is 584. The van der Waals surface area contributed by atoms with Gasteiger partial charge in [0.1, 0.15) is 0 Å². The Hall–Kier alpha value is -2.11. The number of carbonyl (C=O) groups is 1. The summed E-state index contributed by atoms with van der Waals surface area (Å²) in [5, 5.41) is 8.90. The number of pyridine rings is 1. The fraction of sp³-hybridized carbons (Fsp3) is 0.364. The van der Waals surface area contributed by atoms with Crippen molar-refractivity contribution >= 4 is 11.6 Å². The van der Waals surface area contributed by atoms with E-state index in [9.17, 15) is 9.59 Å². The van der Waals surface area contributed by atoms with Crippen molar-refractivity contribution in [1.82, 2.24) is 19.9 Å². The van der Waals surface area contributed by atoms with Gasteiger partial charge in [-0.2, -0.15) is 5.10 Å². The molecule has 6 heteroatoms. The van der Waals surface area contributed by atoms with Crippen LogP contribution >= 0.6 is 0 Å². The predicted molar refractivity (Wildman–Crippen MR) is 63.1 cm³/mol. The van der Waals surface area contributed by atoms with Gasteiger partial charge in [0.05, 0.1) is 5.56 Å². The number of unbranched alkanes of at least 4 members (excludes halogenated alkanes) is 1. The average molecular weight is 234 g/mol. The quantitative estimate of drug-likeness (QED) is 0.758. The maximum atomic E-state index is 11.7. The molecule has 0 saturated carbocycles. The van der Waals surface area contributed by atoms with E-state index < -0.39 is 0 Å². The second kappa shape index (κ2) is 4.82. The van der Waals surface area contributed by atoms with Gasteiger partial charge in [0.15, 0.2) is 5.65 Å². The standard InChI is InChI=1S/C11H14N4O2/c1-2-3-6-12-10(16)8-4-5-9-13-14-11(17)15(9)7-8/h4-5,7H,2-3,6H2,1H3,(H,12,16)(H,14,17). The molecule has 2 rings (SSSR count). The molecule has 0 bridgehead atoms. The van der Waals surface area contributed by atoms with Crippen molar-refractivity contribution in [3.63, 3.8) is 0 Å². The minimum atomic E-state index is -0.344. The summed E-state index contributed by atoms with van der Waals surface area (Å²) in [4.78, 5) is 23.1. The van der Waals surface area contributed by atoms with Crippen molar-refractivity contribution in [3.8, 4) is 0 Å². The van der Waals surface area contributed by atoms with Crippen LogP contribution in [0.25, 0.3) is 5.65 Å². The Morgan fingerprint density at radius 1 is 1.53 bits per heavy atom. The SMILES string of the molecule is CCCCNC(=O)c1ccc2n[nH]c(=O)n2c1. The molecule has 0 aliphatic rings. The topological polar surface area (TPSA) is 79.3 Å². The minimum absolute atomic E-state index is 0.173. The molecule has 2 N–H and O–H groups in total. The molecule has 0 fully saturated rings. The number of fused-ring (bicyclic) bond motifs is 1. The zero-order valence-corrected chi connectivity index (χ0v) is 9.56. The number of H-pyrrole nitrogens is 1. The van der Waals surface area contributed by atoms with Crippen LogP contribution < -0.4 is 11.0 Å². The summed E-state index contributed by atoms with van der Waals surface area (Å²) in [6, 6.07) is 3.28. The van der Waals surface area contributed by atoms with Crippen molar-refractivity contribution < 1.29 is 4.79 Å². The van der Waals surface area contributed by atoms with Crippen LogP contribution in [-0.2, 0) is 0 Å². The van der Waals surface area contributed by atoms with E-state index in [-0.39, 0.29) is 11.6 Å². The number of carbonyl (C=O) groups excluding carboxylic acids is 1. The number of hydrogen-bond acceptors (Lipinski definition) is 3. The Morgan fingerprint density at radius 3 is 3.12 bits per heavy atom. The van der Waals surface area contributed by atoms with Crippen molar-refractivity contribution in [2.24, 2.45) is 0 Å². The zero-order chi connectivity index (χ0) is 12.3. The monoisotopic (exact) mass is 234 g/mol. The number of aromatic amines is 1. The lowest BCUT2D eigenvalue weighted by Crippen LogP contribution is -2.25. The molecule has 0 unspecified atom stereocenters. The molecule has 0 aliphatic carbocycles. The molecule has 2 aromatic heterocycles. The Balaban J connectivity index is 2.20. The van der Waals surface area contributed by atoms with E-state index in [0.717, 1.165) is 12.8 Å². The van der Waals surface area contributed by atoms with Gasteiger partial charge in [0.2, 0.25) is 0 Å². The number of amides is 1. The molecule has 0 radical (unpaired) electrons. The number of nitrogens with zero attached hydrogens (tertiary/aromatic N) is 2. The Labute approximate surface area is 97.7 Å². The molecule has 1 amide bonds. The van der Waals surface area contributed by atoms with E-state index in [4.69, 9.17) is 0 Å². The summed E-state index contributed by atoms with van der Waals surface area (Å²) >= 11 is 0. The summed E-state index contributed by atoms with van der Waals surface area (Å²) in [6.07, 6.45) is 3.46. The third kappa shape index (κ3) is 2.35. The second-order valence-corrected chi connectivity index (χ2v) is 3.78. The molecule has 90 valence electrons. The van der Waals surface area contributed by atoms with Gasteiger partial charge in [-0.1, -0.05) is 13.3 Å². The molecule has 0 aromatic carbocycles. The molecule has 0 spiro atoms. The van der Waals surface area contributed by atoms with Gasteiger partial charge in [-0.3, -0.25) is 4.79 Å². The summed E-state index contributed by atoms with van der Waals surface area (Å²) in [5.74, 6) is -0.173. The lowest BCUT2D eigenvalue weighted by atomic mass is 10.2. The highest BCUT2D eigenvalue weighted by molar-refractivity contribution is 5.94. The predicted octanol–water partition coefficient (Wildman–Crippen LogP) is 0.552. The first-order chi connectivity index (χ1) is 8.22. The van der Waals surface area contributed by atoms with Gasteiger partial charge >= 0.3 is 5.69 Å². The fourth-order valence-corrected chi connectivity index (χ4v) is 1.52. The highest BCUT2D eigenvalue weighted by Gasteiger charge is 2.07. The van der Waals surface area contributed by atoms with Gasteiger partial charge in [-0.05, 0) is 18.6 Å². The van der Waals surface area contributed by atoms with Crippen LogP contribution in [0.4, 0.5) is 0 Å². The number of aromatic nitrogens is 3. The van der Waals surface area contributed by atoms with E-state index in [1.165, 1.54) is 10.6 Å². The number of rotatable bonds is 4. The molecular formula is C11H14N4O2. The summed E-state index contributed by atoms with van der Waals surface area (Å²) < 4.78 is 1.31. The van der Waals surface area contributed by atoms with Crippen molar-refractivity contribution in [3.05, 3.63) is 34.4 Å². The van der Waals surface area contributed by atoms with Crippen molar-refractivity contribution in [2.45, 2.75) is 19.8 Å². The lowest BCUT2D eigenvalue weighted by molar-refractivity contribution is 0.0952. The Morgan fingerprint density at radius 2 is 2.35 bits per heavy atom. The normalized spacial score (nSPS) is 10.6. The van der Waals surface area contributed by atoms with E-state index in [0.29, 0.717) is 17.8 Å². The van der Waals surface area contributed by atoms with Gasteiger partial charge in [-0.25, -0.2) is 14.3 Å². The van der Waals surface area contributed by atoms with Crippen LogP contribution in [0.5, 0.6) is 0 Å². The highest BCUT2D eigenvalue weighted by Crippen LogP contribution is 2.01. The maximum absolute atomic E-state index is 11.7. The largest absolute Gasteiger partial charge is 0.352 e. The van der Waals surface area contributed by atoms with Crippen LogP contribution in [0.15, 0.2) is 23.1 Å². The molecule has 2 heterocycles. The van der Waals surface area contributed by atoms with Gasteiger partial charge in [0, 0.05) is 12.7 Å². The third-order valence-corrected chi connectivity index (χ3v) is 2.49. The summed E-state index contributed by atoms with van der Waals surface area (Å²) in [5.41, 5.74) is 0.611. The first kappa shape index (κ1) is 11.4. The highest BCUT2D eigenvalue weighted by atomic mass is 16.2. The molecule has 0 atom stereocenters. The smallest absolute Gasteiger partial charge is 0.347 e. The summed E-state index contributed by atoms with van der Waals surface area (Å²) in [7, 11) is 0. The Kier molecular flexibility index (Phi) is 3.22. The first-order valence-electron chi connectivity index (χ1n) is 5.57. The van der Waals surface area contributed by atoms with Crippen molar-refractivity contribution in [2.75, 3.05) is 6.54 Å². The van der Waals surface area contributed by atoms with Crippen LogP contribution in [-0.4, -0.2) is 27.0 Å².